The maximum Gasteiger partial charge on any atom is 0.296 e. The summed E-state index contributed by atoms with van der Waals surface area (Å²) in [6.07, 6.45) is 0. The van der Waals surface area contributed by atoms with E-state index >= 15 is 0 Å². The number of hydrogen-bond acceptors (Lipinski definition) is 5. The van der Waals surface area contributed by atoms with E-state index in [1.807, 2.05) is 23.1 Å². The van der Waals surface area contributed by atoms with E-state index in [0.717, 1.165) is 0 Å². The Labute approximate surface area is 157 Å². The monoisotopic (exact) mass is 357 g/mol. The lowest BCUT2D eigenvalue weighted by Crippen LogP contribution is -2.36. The minimum atomic E-state index is 0.0620. The summed E-state index contributed by atoms with van der Waals surface area (Å²) in [7, 11) is 0. The Kier molecular flexibility index (Phi) is 5.00. The van der Waals surface area contributed by atoms with Crippen molar-refractivity contribution < 1.29 is 9.47 Å². The predicted molar refractivity (Wildman–Crippen MR) is 105 cm³/mol. The van der Waals surface area contributed by atoms with Gasteiger partial charge in [-0.15, -0.1) is 0 Å². The van der Waals surface area contributed by atoms with Crippen molar-refractivity contribution in [2.75, 3.05) is 13.2 Å². The average molecular weight is 357 g/mol. The first-order valence-electron chi connectivity index (χ1n) is 9.37. The van der Waals surface area contributed by atoms with E-state index in [4.69, 9.17) is 19.5 Å². The normalized spacial score (nSPS) is 23.2. The van der Waals surface area contributed by atoms with Gasteiger partial charge in [-0.25, -0.2) is 14.9 Å². The Balaban J connectivity index is 1.89. The molecule has 2 aliphatic rings. The molecule has 0 spiro atoms. The molecule has 5 nitrogen and oxygen atoms in total. The molecular formula is C21H31N3O2. The lowest BCUT2D eigenvalue weighted by molar-refractivity contribution is 0.202. The summed E-state index contributed by atoms with van der Waals surface area (Å²) in [5.41, 5.74) is 1.29. The van der Waals surface area contributed by atoms with Crippen LogP contribution in [0.25, 0.3) is 0 Å². The van der Waals surface area contributed by atoms with Gasteiger partial charge >= 0.3 is 0 Å². The third kappa shape index (κ3) is 4.19. The van der Waals surface area contributed by atoms with E-state index in [2.05, 4.69) is 53.7 Å². The largest absolute Gasteiger partial charge is 0.463 e. The molecular weight excluding hydrogens is 326 g/mol. The quantitative estimate of drug-likeness (QED) is 0.801. The molecule has 0 saturated heterocycles. The summed E-state index contributed by atoms with van der Waals surface area (Å²) in [5.74, 6) is 0. The molecule has 0 N–H and O–H groups in total. The van der Waals surface area contributed by atoms with E-state index in [-0.39, 0.29) is 22.9 Å². The first-order chi connectivity index (χ1) is 12.1. The summed E-state index contributed by atoms with van der Waals surface area (Å²) in [6.45, 7) is 15.0. The van der Waals surface area contributed by atoms with Gasteiger partial charge < -0.3 is 9.47 Å². The first kappa shape index (κ1) is 18.7. The average Bonchev–Trinajstić information content (AvgIpc) is 3.22. The van der Waals surface area contributed by atoms with E-state index < -0.39 is 0 Å². The van der Waals surface area contributed by atoms with Gasteiger partial charge in [-0.05, 0) is 16.4 Å². The standard InChI is InChI=1S/C21H31N3O2/c1-20(2,3)16-13-25-18(22-16)24(12-15-10-8-7-9-11-15)19-23-17(14-26-19)21(4,5)6/h7-11,16-17H,12-14H2,1-6H3/t16-,17-/m1/s1. The van der Waals surface area contributed by atoms with Crippen molar-refractivity contribution in [1.29, 1.82) is 0 Å². The molecule has 0 saturated carbocycles. The lowest BCUT2D eigenvalue weighted by Gasteiger charge is -2.22. The van der Waals surface area contributed by atoms with Crippen LogP contribution in [0.4, 0.5) is 0 Å². The third-order valence-corrected chi connectivity index (χ3v) is 4.92. The Bertz CT molecular complexity index is 643. The van der Waals surface area contributed by atoms with Crippen LogP contribution in [0.15, 0.2) is 40.3 Å². The summed E-state index contributed by atoms with van der Waals surface area (Å²) in [4.78, 5) is 11.7. The fraction of sp³-hybridized carbons (Fsp3) is 0.619. The second kappa shape index (κ2) is 6.93. The number of hydrogen-bond donors (Lipinski definition) is 0. The molecule has 0 fully saturated rings. The van der Waals surface area contributed by atoms with Crippen LogP contribution >= 0.6 is 0 Å². The SMILES string of the molecule is CC(C)(C)[C@H]1COC(N(Cc2ccccc2)C2=N[C@@H](C(C)(C)C)CO2)=N1. The van der Waals surface area contributed by atoms with Crippen LogP contribution in [0.5, 0.6) is 0 Å². The molecule has 0 radical (unpaired) electrons. The molecule has 0 unspecified atom stereocenters. The second-order valence-electron chi connectivity index (χ2n) is 9.28. The molecule has 142 valence electrons. The molecule has 5 heteroatoms. The third-order valence-electron chi connectivity index (χ3n) is 4.92. The highest BCUT2D eigenvalue weighted by molar-refractivity contribution is 5.94. The Hall–Kier alpha value is -2.04. The number of ether oxygens (including phenoxy) is 2. The summed E-state index contributed by atoms with van der Waals surface area (Å²) in [5, 5.41) is 0. The summed E-state index contributed by atoms with van der Waals surface area (Å²) < 4.78 is 11.9. The molecule has 1 aromatic carbocycles. The van der Waals surface area contributed by atoms with Crippen LogP contribution in [0.1, 0.15) is 47.1 Å². The zero-order valence-corrected chi connectivity index (χ0v) is 16.8. The van der Waals surface area contributed by atoms with Crippen molar-refractivity contribution in [1.82, 2.24) is 4.90 Å². The zero-order chi connectivity index (χ0) is 18.9. The lowest BCUT2D eigenvalue weighted by atomic mass is 9.88. The number of nitrogens with zero attached hydrogens (tertiary/aromatic N) is 3. The Morgan fingerprint density at radius 3 is 1.69 bits per heavy atom. The predicted octanol–water partition coefficient (Wildman–Crippen LogP) is 4.09. The van der Waals surface area contributed by atoms with Gasteiger partial charge in [0.25, 0.3) is 12.0 Å². The number of aliphatic imine (C=N–C) groups is 2. The van der Waals surface area contributed by atoms with Crippen LogP contribution in [-0.2, 0) is 16.0 Å². The highest BCUT2D eigenvalue weighted by atomic mass is 16.5. The van der Waals surface area contributed by atoms with Gasteiger partial charge in [0.2, 0.25) is 0 Å². The fourth-order valence-electron chi connectivity index (χ4n) is 2.89. The number of benzene rings is 1. The molecule has 2 atom stereocenters. The number of amidine groups is 2. The van der Waals surface area contributed by atoms with Crippen LogP contribution in [0.3, 0.4) is 0 Å². The van der Waals surface area contributed by atoms with Crippen molar-refractivity contribution in [3.8, 4) is 0 Å². The van der Waals surface area contributed by atoms with Crippen molar-refractivity contribution in [2.45, 2.75) is 60.2 Å². The summed E-state index contributed by atoms with van der Waals surface area (Å²) in [6, 6.07) is 11.8. The van der Waals surface area contributed by atoms with Gasteiger partial charge in [0.15, 0.2) is 0 Å². The Morgan fingerprint density at radius 1 is 0.846 bits per heavy atom. The van der Waals surface area contributed by atoms with Crippen molar-refractivity contribution in [2.24, 2.45) is 20.8 Å². The molecule has 26 heavy (non-hydrogen) atoms. The van der Waals surface area contributed by atoms with Crippen LogP contribution in [-0.4, -0.2) is 42.2 Å². The van der Waals surface area contributed by atoms with E-state index in [1.165, 1.54) is 5.56 Å². The highest BCUT2D eigenvalue weighted by Gasteiger charge is 2.37. The molecule has 2 heterocycles. The minimum absolute atomic E-state index is 0.0620. The second-order valence-corrected chi connectivity index (χ2v) is 9.28. The topological polar surface area (TPSA) is 46.4 Å². The number of rotatable bonds is 2. The van der Waals surface area contributed by atoms with Gasteiger partial charge in [0.05, 0.1) is 18.6 Å². The summed E-state index contributed by atoms with van der Waals surface area (Å²) >= 11 is 0. The van der Waals surface area contributed by atoms with Crippen LogP contribution in [0, 0.1) is 10.8 Å². The van der Waals surface area contributed by atoms with Gasteiger partial charge in [0, 0.05) is 0 Å². The van der Waals surface area contributed by atoms with Gasteiger partial charge in [-0.1, -0.05) is 71.9 Å². The Morgan fingerprint density at radius 2 is 1.31 bits per heavy atom. The smallest absolute Gasteiger partial charge is 0.296 e. The van der Waals surface area contributed by atoms with E-state index in [9.17, 15) is 0 Å². The minimum Gasteiger partial charge on any atom is -0.463 e. The molecule has 1 aromatic rings. The first-order valence-corrected chi connectivity index (χ1v) is 9.37. The molecule has 3 rings (SSSR count). The molecule has 0 bridgehead atoms. The van der Waals surface area contributed by atoms with E-state index in [0.29, 0.717) is 31.8 Å². The molecule has 0 aromatic heterocycles. The molecule has 0 aliphatic carbocycles. The maximum atomic E-state index is 5.97. The van der Waals surface area contributed by atoms with E-state index in [1.54, 1.807) is 0 Å². The van der Waals surface area contributed by atoms with Gasteiger partial charge in [-0.3, -0.25) is 0 Å². The molecule has 2 aliphatic heterocycles. The van der Waals surface area contributed by atoms with Crippen LogP contribution in [0.2, 0.25) is 0 Å². The van der Waals surface area contributed by atoms with Gasteiger partial charge in [-0.2, -0.15) is 0 Å². The van der Waals surface area contributed by atoms with Crippen molar-refractivity contribution in [3.63, 3.8) is 0 Å². The highest BCUT2D eigenvalue weighted by Crippen LogP contribution is 2.30. The fourth-order valence-corrected chi connectivity index (χ4v) is 2.89. The molecule has 0 amide bonds. The van der Waals surface area contributed by atoms with Crippen molar-refractivity contribution in [3.05, 3.63) is 35.9 Å². The maximum absolute atomic E-state index is 5.97. The van der Waals surface area contributed by atoms with Crippen LogP contribution < -0.4 is 0 Å². The zero-order valence-electron chi connectivity index (χ0n) is 16.8. The van der Waals surface area contributed by atoms with Crippen molar-refractivity contribution >= 4 is 12.0 Å². The van der Waals surface area contributed by atoms with Gasteiger partial charge in [0.1, 0.15) is 13.2 Å².